The second-order valence-electron chi connectivity index (χ2n) is 4.88. The van der Waals surface area contributed by atoms with Gasteiger partial charge in [0.05, 0.1) is 17.8 Å². The Balaban J connectivity index is 1.82. The summed E-state index contributed by atoms with van der Waals surface area (Å²) in [6.45, 7) is 2.89. The van der Waals surface area contributed by atoms with Crippen LogP contribution in [0.1, 0.15) is 24.2 Å². The monoisotopic (exact) mass is 267 g/mol. The number of benzene rings is 1. The van der Waals surface area contributed by atoms with Gasteiger partial charge in [0.25, 0.3) is 0 Å². The smallest absolute Gasteiger partial charge is 0.0831 e. The summed E-state index contributed by atoms with van der Waals surface area (Å²) in [5, 5.41) is 15.6. The summed E-state index contributed by atoms with van der Waals surface area (Å²) in [5.74, 6) is 0. The number of hydrogen-bond donors (Lipinski definition) is 1. The third kappa shape index (κ3) is 2.56. The van der Waals surface area contributed by atoms with Gasteiger partial charge in [-0.3, -0.25) is 9.67 Å². The van der Waals surface area contributed by atoms with Gasteiger partial charge in [-0.25, -0.2) is 0 Å². The van der Waals surface area contributed by atoms with Gasteiger partial charge in [0, 0.05) is 30.7 Å². The molecule has 1 unspecified atom stereocenters. The van der Waals surface area contributed by atoms with Gasteiger partial charge in [0.2, 0.25) is 0 Å². The number of fused-ring (bicyclic) bond motifs is 1. The predicted octanol–water partition coefficient (Wildman–Crippen LogP) is 2.73. The molecular weight excluding hydrogens is 250 g/mol. The van der Waals surface area contributed by atoms with E-state index in [2.05, 4.69) is 10.1 Å². The minimum absolute atomic E-state index is 0.519. The average molecular weight is 267 g/mol. The molecule has 102 valence electrons. The van der Waals surface area contributed by atoms with Crippen molar-refractivity contribution >= 4 is 10.9 Å². The van der Waals surface area contributed by atoms with Crippen LogP contribution >= 0.6 is 0 Å². The van der Waals surface area contributed by atoms with E-state index in [-0.39, 0.29) is 0 Å². The topological polar surface area (TPSA) is 50.9 Å². The van der Waals surface area contributed by atoms with Gasteiger partial charge in [-0.2, -0.15) is 5.10 Å². The molecule has 0 aliphatic rings. The van der Waals surface area contributed by atoms with Gasteiger partial charge in [-0.05, 0) is 36.2 Å². The zero-order valence-corrected chi connectivity index (χ0v) is 11.4. The third-order valence-corrected chi connectivity index (χ3v) is 3.45. The molecule has 1 aromatic carbocycles. The molecule has 2 heterocycles. The third-order valence-electron chi connectivity index (χ3n) is 3.45. The normalized spacial score (nSPS) is 12.7. The first-order valence-corrected chi connectivity index (χ1v) is 6.80. The highest BCUT2D eigenvalue weighted by Gasteiger charge is 2.10. The molecule has 1 N–H and O–H groups in total. The van der Waals surface area contributed by atoms with Crippen molar-refractivity contribution in [1.82, 2.24) is 14.8 Å². The van der Waals surface area contributed by atoms with Crippen LogP contribution in [0.4, 0.5) is 0 Å². The number of aryl methyl sites for hydroxylation is 1. The molecule has 0 aliphatic heterocycles. The Kier molecular flexibility index (Phi) is 3.48. The molecule has 0 amide bonds. The van der Waals surface area contributed by atoms with Gasteiger partial charge < -0.3 is 5.11 Å². The molecule has 0 aliphatic carbocycles. The highest BCUT2D eigenvalue weighted by atomic mass is 16.3. The van der Waals surface area contributed by atoms with Gasteiger partial charge in [0.15, 0.2) is 0 Å². The fraction of sp³-hybridized carbons (Fsp3) is 0.250. The molecule has 0 bridgehead atoms. The Morgan fingerprint density at radius 2 is 2.20 bits per heavy atom. The molecule has 0 saturated carbocycles. The van der Waals surface area contributed by atoms with Crippen molar-refractivity contribution < 1.29 is 5.11 Å². The second-order valence-corrected chi connectivity index (χ2v) is 4.88. The standard InChI is InChI=1S/C16H17N3O/c1-2-19-11-12(10-18-19)8-16(20)14-5-6-15-13(9-14)4-3-7-17-15/h3-7,9-11,16,20H,2,8H2,1H3. The van der Waals surface area contributed by atoms with Crippen LogP contribution in [-0.2, 0) is 13.0 Å². The van der Waals surface area contributed by atoms with Crippen LogP contribution in [0.3, 0.4) is 0 Å². The first-order valence-electron chi connectivity index (χ1n) is 6.80. The van der Waals surface area contributed by atoms with Gasteiger partial charge in [0.1, 0.15) is 0 Å². The van der Waals surface area contributed by atoms with Crippen LogP contribution in [0.2, 0.25) is 0 Å². The van der Waals surface area contributed by atoms with E-state index < -0.39 is 6.10 Å². The summed E-state index contributed by atoms with van der Waals surface area (Å²) in [6, 6.07) is 9.79. The van der Waals surface area contributed by atoms with E-state index in [0.29, 0.717) is 6.42 Å². The van der Waals surface area contributed by atoms with Crippen molar-refractivity contribution in [3.63, 3.8) is 0 Å². The zero-order chi connectivity index (χ0) is 13.9. The molecule has 2 aromatic heterocycles. The lowest BCUT2D eigenvalue weighted by Gasteiger charge is -2.10. The van der Waals surface area contributed by atoms with E-state index in [1.807, 2.05) is 54.3 Å². The fourth-order valence-corrected chi connectivity index (χ4v) is 2.33. The van der Waals surface area contributed by atoms with Crippen LogP contribution in [0.15, 0.2) is 48.9 Å². The Morgan fingerprint density at radius 1 is 1.30 bits per heavy atom. The zero-order valence-electron chi connectivity index (χ0n) is 11.4. The Morgan fingerprint density at radius 3 is 3.00 bits per heavy atom. The Bertz CT molecular complexity index is 720. The lowest BCUT2D eigenvalue weighted by Crippen LogP contribution is -2.01. The summed E-state index contributed by atoms with van der Waals surface area (Å²) in [5.41, 5.74) is 2.91. The van der Waals surface area contributed by atoms with E-state index in [9.17, 15) is 5.11 Å². The molecule has 0 radical (unpaired) electrons. The van der Waals surface area contributed by atoms with Crippen molar-refractivity contribution in [3.05, 3.63) is 60.0 Å². The van der Waals surface area contributed by atoms with Crippen LogP contribution in [-0.4, -0.2) is 19.9 Å². The maximum Gasteiger partial charge on any atom is 0.0831 e. The number of aliphatic hydroxyl groups excluding tert-OH is 1. The first kappa shape index (κ1) is 12.8. The first-order chi connectivity index (χ1) is 9.76. The molecule has 0 fully saturated rings. The van der Waals surface area contributed by atoms with E-state index >= 15 is 0 Å². The number of hydrogen-bond acceptors (Lipinski definition) is 3. The quantitative estimate of drug-likeness (QED) is 0.790. The highest BCUT2D eigenvalue weighted by molar-refractivity contribution is 5.79. The molecule has 0 saturated heterocycles. The van der Waals surface area contributed by atoms with Crippen LogP contribution < -0.4 is 0 Å². The largest absolute Gasteiger partial charge is 0.388 e. The molecule has 4 nitrogen and oxygen atoms in total. The summed E-state index contributed by atoms with van der Waals surface area (Å²) < 4.78 is 1.87. The van der Waals surface area contributed by atoms with Crippen molar-refractivity contribution in [2.45, 2.75) is 26.0 Å². The van der Waals surface area contributed by atoms with E-state index in [1.165, 1.54) is 0 Å². The predicted molar refractivity (Wildman–Crippen MR) is 78.3 cm³/mol. The number of aromatic nitrogens is 3. The Hall–Kier alpha value is -2.20. The SMILES string of the molecule is CCn1cc(CC(O)c2ccc3ncccc3c2)cn1. The lowest BCUT2D eigenvalue weighted by molar-refractivity contribution is 0.178. The van der Waals surface area contributed by atoms with Crippen molar-refractivity contribution in [1.29, 1.82) is 0 Å². The highest BCUT2D eigenvalue weighted by Crippen LogP contribution is 2.22. The lowest BCUT2D eigenvalue weighted by atomic mass is 10.0. The Labute approximate surface area is 117 Å². The molecule has 4 heteroatoms. The van der Waals surface area contributed by atoms with Crippen molar-refractivity contribution in [2.24, 2.45) is 0 Å². The average Bonchev–Trinajstić information content (AvgIpc) is 2.94. The maximum atomic E-state index is 10.4. The van der Waals surface area contributed by atoms with Crippen LogP contribution in [0.5, 0.6) is 0 Å². The van der Waals surface area contributed by atoms with Crippen LogP contribution in [0, 0.1) is 0 Å². The summed E-state index contributed by atoms with van der Waals surface area (Å²) in [6.07, 6.45) is 5.62. The second kappa shape index (κ2) is 5.43. The number of rotatable bonds is 4. The molecular formula is C16H17N3O. The molecule has 3 rings (SSSR count). The number of pyridine rings is 1. The molecule has 1 atom stereocenters. The maximum absolute atomic E-state index is 10.4. The fourth-order valence-electron chi connectivity index (χ4n) is 2.33. The molecule has 0 spiro atoms. The minimum atomic E-state index is -0.519. The molecule has 20 heavy (non-hydrogen) atoms. The summed E-state index contributed by atoms with van der Waals surface area (Å²) in [7, 11) is 0. The van der Waals surface area contributed by atoms with Crippen molar-refractivity contribution in [3.8, 4) is 0 Å². The summed E-state index contributed by atoms with van der Waals surface area (Å²) >= 11 is 0. The van der Waals surface area contributed by atoms with Crippen molar-refractivity contribution in [2.75, 3.05) is 0 Å². The van der Waals surface area contributed by atoms with E-state index in [0.717, 1.165) is 28.6 Å². The van der Waals surface area contributed by atoms with Gasteiger partial charge in [-0.1, -0.05) is 12.1 Å². The van der Waals surface area contributed by atoms with E-state index in [4.69, 9.17) is 0 Å². The van der Waals surface area contributed by atoms with Gasteiger partial charge >= 0.3 is 0 Å². The minimum Gasteiger partial charge on any atom is -0.388 e. The van der Waals surface area contributed by atoms with E-state index in [1.54, 1.807) is 6.20 Å². The molecule has 3 aromatic rings. The summed E-state index contributed by atoms with van der Waals surface area (Å²) in [4.78, 5) is 4.29. The number of aliphatic hydroxyl groups is 1. The number of nitrogens with zero attached hydrogens (tertiary/aromatic N) is 3. The van der Waals surface area contributed by atoms with Crippen LogP contribution in [0.25, 0.3) is 10.9 Å². The van der Waals surface area contributed by atoms with Gasteiger partial charge in [-0.15, -0.1) is 0 Å².